The number of carboxylic acids is 1. The van der Waals surface area contributed by atoms with E-state index in [1.54, 1.807) is 25.1 Å². The van der Waals surface area contributed by atoms with Gasteiger partial charge < -0.3 is 30.7 Å². The summed E-state index contributed by atoms with van der Waals surface area (Å²) in [5.41, 5.74) is 6.16. The monoisotopic (exact) mass is 381 g/mol. The largest absolute Gasteiger partial charge is 0.507 e. The van der Waals surface area contributed by atoms with Gasteiger partial charge in [-0.15, -0.1) is 0 Å². The minimum atomic E-state index is -1.27. The highest BCUT2D eigenvalue weighted by molar-refractivity contribution is 5.94. The van der Waals surface area contributed by atoms with Crippen LogP contribution in [0.3, 0.4) is 0 Å². The number of rotatable bonds is 8. The number of benzene rings is 1. The van der Waals surface area contributed by atoms with Crippen LogP contribution in [0.4, 0.5) is 0 Å². The van der Waals surface area contributed by atoms with E-state index in [9.17, 15) is 24.9 Å². The number of aryl methyl sites for hydroxylation is 1. The van der Waals surface area contributed by atoms with Crippen LogP contribution in [-0.4, -0.2) is 82.6 Å². The number of likely N-dealkylation sites (tertiary alicyclic amines) is 1. The van der Waals surface area contributed by atoms with Crippen LogP contribution in [0.25, 0.3) is 0 Å². The molecule has 2 atom stereocenters. The molecule has 1 amide bonds. The Hall–Kier alpha value is -2.36. The molecule has 1 saturated heterocycles. The number of nitrogens with zero attached hydrogens (tertiary/aromatic N) is 2. The molecule has 0 aromatic heterocycles. The van der Waals surface area contributed by atoms with Crippen molar-refractivity contribution in [3.63, 3.8) is 0 Å². The van der Waals surface area contributed by atoms with Gasteiger partial charge in [-0.1, -0.05) is 13.0 Å². The molecule has 1 aliphatic heterocycles. The number of hydrogen-bond donors (Lipinski definition) is 4. The van der Waals surface area contributed by atoms with Gasteiger partial charge >= 0.3 is 5.97 Å². The highest BCUT2D eigenvalue weighted by atomic mass is 16.5. The number of nitrogens with two attached hydrogens (primary N) is 1. The van der Waals surface area contributed by atoms with E-state index in [1.165, 1.54) is 11.0 Å². The third kappa shape index (κ3) is 4.68. The number of aliphatic hydroxyl groups excluding tert-OH is 1. The number of amides is 1. The Kier molecular flexibility index (Phi) is 6.63. The molecule has 1 fully saturated rings. The Bertz CT molecular complexity index is 703. The third-order valence-corrected chi connectivity index (χ3v) is 4.65. The summed E-state index contributed by atoms with van der Waals surface area (Å²) in [5.74, 6) is -1.64. The average Bonchev–Trinajstić information content (AvgIpc) is 2.56. The first kappa shape index (κ1) is 20.9. The van der Waals surface area contributed by atoms with Crippen LogP contribution in [-0.2, 0) is 11.2 Å². The van der Waals surface area contributed by atoms with Gasteiger partial charge in [0.1, 0.15) is 29.4 Å². The van der Waals surface area contributed by atoms with E-state index in [2.05, 4.69) is 0 Å². The number of aromatic hydroxyl groups is 1. The van der Waals surface area contributed by atoms with E-state index in [0.29, 0.717) is 25.1 Å². The Morgan fingerprint density at radius 3 is 2.52 bits per heavy atom. The van der Waals surface area contributed by atoms with Crippen LogP contribution >= 0.6 is 0 Å². The molecule has 2 rings (SSSR count). The average molecular weight is 381 g/mol. The van der Waals surface area contributed by atoms with Crippen molar-refractivity contribution in [2.45, 2.75) is 38.1 Å². The first-order valence-corrected chi connectivity index (χ1v) is 8.78. The second-order valence-corrected chi connectivity index (χ2v) is 6.87. The number of carbonyl (C=O) groups is 2. The maximum Gasteiger partial charge on any atom is 0.343 e. The molecule has 150 valence electrons. The van der Waals surface area contributed by atoms with Gasteiger partial charge in [-0.25, -0.2) is 4.79 Å². The molecule has 2 unspecified atom stereocenters. The quantitative estimate of drug-likeness (QED) is 0.488. The molecular formula is C18H27N3O6. The van der Waals surface area contributed by atoms with Gasteiger partial charge in [0, 0.05) is 33.6 Å². The summed E-state index contributed by atoms with van der Waals surface area (Å²) in [4.78, 5) is 26.2. The summed E-state index contributed by atoms with van der Waals surface area (Å²) in [5, 5.41) is 29.7. The highest BCUT2D eigenvalue weighted by Crippen LogP contribution is 2.33. The van der Waals surface area contributed by atoms with Gasteiger partial charge in [-0.05, 0) is 18.1 Å². The molecule has 1 aromatic carbocycles. The molecule has 1 heterocycles. The van der Waals surface area contributed by atoms with E-state index in [0.717, 1.165) is 0 Å². The Morgan fingerprint density at radius 2 is 2.00 bits per heavy atom. The predicted octanol–water partition coefficient (Wildman–Crippen LogP) is -0.160. The molecule has 0 radical (unpaired) electrons. The summed E-state index contributed by atoms with van der Waals surface area (Å²) in [7, 11) is 3.24. The fourth-order valence-corrected chi connectivity index (χ4v) is 2.91. The van der Waals surface area contributed by atoms with E-state index >= 15 is 0 Å². The normalized spacial score (nSPS) is 17.1. The van der Waals surface area contributed by atoms with Crippen LogP contribution < -0.4 is 10.5 Å². The summed E-state index contributed by atoms with van der Waals surface area (Å²) in [6.07, 6.45) is -0.824. The molecule has 27 heavy (non-hydrogen) atoms. The zero-order valence-electron chi connectivity index (χ0n) is 15.8. The number of hydrogen-bond acceptors (Lipinski definition) is 7. The van der Waals surface area contributed by atoms with E-state index in [-0.39, 0.29) is 35.5 Å². The number of ether oxygens (including phenoxy) is 1. The second-order valence-electron chi connectivity index (χ2n) is 6.87. The number of carbonyl (C=O) groups excluding carboxylic acids is 1. The van der Waals surface area contributed by atoms with Crippen LogP contribution in [0, 0.1) is 0 Å². The fourth-order valence-electron chi connectivity index (χ4n) is 2.91. The highest BCUT2D eigenvalue weighted by Gasteiger charge is 2.37. The predicted molar refractivity (Wildman–Crippen MR) is 97.7 cm³/mol. The first-order valence-electron chi connectivity index (χ1n) is 8.78. The van der Waals surface area contributed by atoms with Crippen molar-refractivity contribution in [3.05, 3.63) is 23.3 Å². The molecule has 5 N–H and O–H groups in total. The van der Waals surface area contributed by atoms with Crippen LogP contribution in [0.5, 0.6) is 11.5 Å². The van der Waals surface area contributed by atoms with Crippen molar-refractivity contribution < 1.29 is 29.6 Å². The summed E-state index contributed by atoms with van der Waals surface area (Å²) in [6, 6.07) is 2.43. The van der Waals surface area contributed by atoms with Gasteiger partial charge in [-0.3, -0.25) is 9.69 Å². The lowest BCUT2D eigenvalue weighted by Gasteiger charge is -2.43. The number of aliphatic hydroxyl groups is 1. The zero-order chi connectivity index (χ0) is 20.3. The zero-order valence-corrected chi connectivity index (χ0v) is 15.8. The SMILES string of the molecule is CCc1ccc(OC2CN(C(O)C(N)CC(=O)N(C)C)C2)c(C(=O)O)c1O. The van der Waals surface area contributed by atoms with Gasteiger partial charge in [0.2, 0.25) is 5.91 Å². The van der Waals surface area contributed by atoms with Crippen molar-refractivity contribution in [3.8, 4) is 11.5 Å². The summed E-state index contributed by atoms with van der Waals surface area (Å²) < 4.78 is 5.69. The Labute approximate surface area is 157 Å². The smallest absolute Gasteiger partial charge is 0.343 e. The minimum Gasteiger partial charge on any atom is -0.507 e. The van der Waals surface area contributed by atoms with Crippen LogP contribution in [0.15, 0.2) is 12.1 Å². The lowest BCUT2D eigenvalue weighted by molar-refractivity contribution is -0.133. The van der Waals surface area contributed by atoms with E-state index in [1.807, 2.05) is 6.92 Å². The number of aromatic carboxylic acids is 1. The molecule has 9 heteroatoms. The van der Waals surface area contributed by atoms with E-state index < -0.39 is 18.2 Å². The summed E-state index contributed by atoms with van der Waals surface area (Å²) >= 11 is 0. The lowest BCUT2D eigenvalue weighted by Crippen LogP contribution is -2.62. The Morgan fingerprint density at radius 1 is 1.37 bits per heavy atom. The van der Waals surface area contributed by atoms with Crippen molar-refractivity contribution in [1.82, 2.24) is 9.80 Å². The number of phenols is 1. The van der Waals surface area contributed by atoms with Crippen molar-refractivity contribution in [2.24, 2.45) is 5.73 Å². The first-order chi connectivity index (χ1) is 12.6. The molecular weight excluding hydrogens is 354 g/mol. The maximum atomic E-state index is 11.7. The second kappa shape index (κ2) is 8.55. The topological polar surface area (TPSA) is 137 Å². The van der Waals surface area contributed by atoms with Crippen LogP contribution in [0.1, 0.15) is 29.3 Å². The maximum absolute atomic E-state index is 11.7. The minimum absolute atomic E-state index is 0.0195. The lowest BCUT2D eigenvalue weighted by atomic mass is 10.0. The van der Waals surface area contributed by atoms with E-state index in [4.69, 9.17) is 10.5 Å². The van der Waals surface area contributed by atoms with Crippen molar-refractivity contribution in [2.75, 3.05) is 27.2 Å². The molecule has 9 nitrogen and oxygen atoms in total. The summed E-state index contributed by atoms with van der Waals surface area (Å²) in [6.45, 7) is 2.48. The molecule has 0 spiro atoms. The molecule has 0 aliphatic carbocycles. The van der Waals surface area contributed by atoms with Gasteiger partial charge in [0.05, 0.1) is 6.04 Å². The Balaban J connectivity index is 1.96. The van der Waals surface area contributed by atoms with Crippen molar-refractivity contribution in [1.29, 1.82) is 0 Å². The standard InChI is InChI=1S/C18H27N3O6/c1-4-10-5-6-13(15(16(10)23)18(25)26)27-11-8-21(9-11)17(24)12(19)7-14(22)20(2)3/h5-6,11-12,17,23-24H,4,7-9,19H2,1-3H3,(H,25,26). The van der Waals surface area contributed by atoms with Gasteiger partial charge in [0.15, 0.2) is 0 Å². The molecule has 1 aliphatic rings. The number of carboxylic acid groups (broad SMARTS) is 1. The molecule has 0 bridgehead atoms. The fraction of sp³-hybridized carbons (Fsp3) is 0.556. The molecule has 0 saturated carbocycles. The third-order valence-electron chi connectivity index (χ3n) is 4.65. The van der Waals surface area contributed by atoms with Crippen LogP contribution in [0.2, 0.25) is 0 Å². The van der Waals surface area contributed by atoms with Gasteiger partial charge in [-0.2, -0.15) is 0 Å². The van der Waals surface area contributed by atoms with Crippen molar-refractivity contribution >= 4 is 11.9 Å². The van der Waals surface area contributed by atoms with Gasteiger partial charge in [0.25, 0.3) is 0 Å². The molecule has 1 aromatic rings.